The van der Waals surface area contributed by atoms with Crippen molar-refractivity contribution in [2.45, 2.75) is 31.3 Å². The molecule has 1 aromatic rings. The van der Waals surface area contributed by atoms with Gasteiger partial charge in [0.1, 0.15) is 0 Å². The molecule has 0 spiro atoms. The van der Waals surface area contributed by atoms with Gasteiger partial charge in [-0.15, -0.1) is 0 Å². The van der Waals surface area contributed by atoms with E-state index in [4.69, 9.17) is 5.11 Å². The van der Waals surface area contributed by atoms with Crippen LogP contribution in [0.15, 0.2) is 12.1 Å². The number of benzene rings is 1. The quantitative estimate of drug-likeness (QED) is 0.861. The highest BCUT2D eigenvalue weighted by atomic mass is 19.1. The molecule has 0 atom stereocenters. The van der Waals surface area contributed by atoms with Crippen LogP contribution in [0.25, 0.3) is 0 Å². The van der Waals surface area contributed by atoms with Crippen LogP contribution in [-0.4, -0.2) is 36.2 Å². The molecular weight excluding hydrogens is 250 g/mol. The molecule has 1 aliphatic carbocycles. The smallest absolute Gasteiger partial charge is 0.187 e. The lowest BCUT2D eigenvalue weighted by Gasteiger charge is -2.47. The minimum Gasteiger partial charge on any atom is -0.503 e. The highest BCUT2D eigenvalue weighted by Crippen LogP contribution is 2.35. The lowest BCUT2D eigenvalue weighted by molar-refractivity contribution is 0.0598. The van der Waals surface area contributed by atoms with Crippen LogP contribution in [0.3, 0.4) is 0 Å². The molecule has 1 fully saturated rings. The monoisotopic (exact) mass is 270 g/mol. The summed E-state index contributed by atoms with van der Waals surface area (Å²) in [5.41, 5.74) is 0.676. The third-order valence-electron chi connectivity index (χ3n) is 4.09. The SMILES string of the molecule is CN(C)C1(CNCc2cc(F)c(O)c(F)c2)CCC1. The largest absolute Gasteiger partial charge is 0.503 e. The molecule has 5 heteroatoms. The van der Waals surface area contributed by atoms with Gasteiger partial charge in [-0.05, 0) is 51.1 Å². The Morgan fingerprint density at radius 2 is 1.84 bits per heavy atom. The fraction of sp³-hybridized carbons (Fsp3) is 0.571. The van der Waals surface area contributed by atoms with Gasteiger partial charge in [0.05, 0.1) is 0 Å². The van der Waals surface area contributed by atoms with Crippen LogP contribution in [0.4, 0.5) is 8.78 Å². The van der Waals surface area contributed by atoms with Crippen molar-refractivity contribution in [1.29, 1.82) is 0 Å². The molecule has 0 bridgehead atoms. The Morgan fingerprint density at radius 3 is 2.26 bits per heavy atom. The fourth-order valence-electron chi connectivity index (χ4n) is 2.53. The lowest BCUT2D eigenvalue weighted by Crippen LogP contribution is -2.56. The number of aromatic hydroxyl groups is 1. The van der Waals surface area contributed by atoms with E-state index in [9.17, 15) is 8.78 Å². The summed E-state index contributed by atoms with van der Waals surface area (Å²) in [7, 11) is 4.11. The van der Waals surface area contributed by atoms with E-state index in [1.807, 2.05) is 0 Å². The second kappa shape index (κ2) is 5.43. The first-order valence-corrected chi connectivity index (χ1v) is 6.50. The molecule has 1 saturated carbocycles. The molecule has 0 unspecified atom stereocenters. The van der Waals surface area contributed by atoms with Crippen molar-refractivity contribution >= 4 is 0 Å². The first kappa shape index (κ1) is 14.2. The predicted molar refractivity (Wildman–Crippen MR) is 70.0 cm³/mol. The van der Waals surface area contributed by atoms with Gasteiger partial charge in [-0.3, -0.25) is 0 Å². The van der Waals surface area contributed by atoms with Crippen LogP contribution in [0.1, 0.15) is 24.8 Å². The van der Waals surface area contributed by atoms with Gasteiger partial charge in [0.25, 0.3) is 0 Å². The summed E-state index contributed by atoms with van der Waals surface area (Å²) in [5.74, 6) is -2.74. The van der Waals surface area contributed by atoms with Crippen molar-refractivity contribution < 1.29 is 13.9 Å². The van der Waals surface area contributed by atoms with Crippen molar-refractivity contribution in [3.63, 3.8) is 0 Å². The average molecular weight is 270 g/mol. The van der Waals surface area contributed by atoms with Crippen LogP contribution in [0.5, 0.6) is 5.75 Å². The summed E-state index contributed by atoms with van der Waals surface area (Å²) in [4.78, 5) is 2.21. The van der Waals surface area contributed by atoms with Crippen molar-refractivity contribution in [2.75, 3.05) is 20.6 Å². The minimum atomic E-state index is -0.914. The zero-order valence-corrected chi connectivity index (χ0v) is 11.3. The van der Waals surface area contributed by atoms with Crippen molar-refractivity contribution in [3.8, 4) is 5.75 Å². The molecule has 3 nitrogen and oxygen atoms in total. The van der Waals surface area contributed by atoms with E-state index in [1.54, 1.807) is 0 Å². The number of phenols is 1. The lowest BCUT2D eigenvalue weighted by atomic mass is 9.75. The first-order chi connectivity index (χ1) is 8.94. The Hall–Kier alpha value is -1.20. The Bertz CT molecular complexity index is 436. The number of halogens is 2. The van der Waals surface area contributed by atoms with E-state index in [0.717, 1.165) is 31.5 Å². The van der Waals surface area contributed by atoms with Crippen LogP contribution < -0.4 is 5.32 Å². The summed E-state index contributed by atoms with van der Waals surface area (Å²) in [6, 6.07) is 2.32. The summed E-state index contributed by atoms with van der Waals surface area (Å²) in [6.45, 7) is 1.19. The zero-order chi connectivity index (χ0) is 14.0. The second-order valence-corrected chi connectivity index (χ2v) is 5.48. The number of nitrogens with one attached hydrogen (secondary N) is 1. The van der Waals surface area contributed by atoms with E-state index in [0.29, 0.717) is 12.1 Å². The molecule has 0 amide bonds. The molecular formula is C14H20F2N2O. The molecule has 1 aromatic carbocycles. The Labute approximate surface area is 112 Å². The maximum absolute atomic E-state index is 13.2. The van der Waals surface area contributed by atoms with Gasteiger partial charge >= 0.3 is 0 Å². The summed E-state index contributed by atoms with van der Waals surface area (Å²) in [6.07, 6.45) is 3.51. The van der Waals surface area contributed by atoms with Crippen molar-refractivity contribution in [3.05, 3.63) is 29.3 Å². The van der Waals surface area contributed by atoms with Gasteiger partial charge in [0, 0.05) is 18.6 Å². The topological polar surface area (TPSA) is 35.5 Å². The number of hydrogen-bond acceptors (Lipinski definition) is 3. The number of rotatable bonds is 5. The predicted octanol–water partition coefficient (Wildman–Crippen LogP) is 2.24. The van der Waals surface area contributed by atoms with E-state index in [2.05, 4.69) is 24.3 Å². The van der Waals surface area contributed by atoms with Crippen molar-refractivity contribution in [1.82, 2.24) is 10.2 Å². The van der Waals surface area contributed by atoms with Crippen LogP contribution in [0, 0.1) is 11.6 Å². The normalized spacial score (nSPS) is 17.5. The minimum absolute atomic E-state index is 0.175. The van der Waals surface area contributed by atoms with Crippen LogP contribution in [0.2, 0.25) is 0 Å². The molecule has 2 rings (SSSR count). The average Bonchev–Trinajstić information content (AvgIpc) is 2.28. The molecule has 2 N–H and O–H groups in total. The zero-order valence-electron chi connectivity index (χ0n) is 11.3. The summed E-state index contributed by atoms with van der Waals surface area (Å²) in [5, 5.41) is 12.3. The van der Waals surface area contributed by atoms with Gasteiger partial charge in [0.15, 0.2) is 17.4 Å². The summed E-state index contributed by atoms with van der Waals surface area (Å²) < 4.78 is 26.4. The number of nitrogens with zero attached hydrogens (tertiary/aromatic N) is 1. The Morgan fingerprint density at radius 1 is 1.26 bits per heavy atom. The van der Waals surface area contributed by atoms with E-state index in [-0.39, 0.29) is 5.54 Å². The molecule has 0 heterocycles. The maximum atomic E-state index is 13.2. The van der Waals surface area contributed by atoms with E-state index in [1.165, 1.54) is 6.42 Å². The fourth-order valence-corrected chi connectivity index (χ4v) is 2.53. The standard InChI is InChI=1S/C14H20F2N2O/c1-18(2)14(4-3-5-14)9-17-8-10-6-11(15)13(19)12(16)7-10/h6-7,17,19H,3-5,8-9H2,1-2H3. The van der Waals surface area contributed by atoms with Crippen LogP contribution >= 0.6 is 0 Å². The Balaban J connectivity index is 1.93. The van der Waals surface area contributed by atoms with E-state index >= 15 is 0 Å². The Kier molecular flexibility index (Phi) is 4.06. The third-order valence-corrected chi connectivity index (χ3v) is 4.09. The molecule has 0 aliphatic heterocycles. The highest BCUT2D eigenvalue weighted by Gasteiger charge is 2.38. The van der Waals surface area contributed by atoms with Gasteiger partial charge in [-0.25, -0.2) is 8.78 Å². The molecule has 0 aromatic heterocycles. The second-order valence-electron chi connectivity index (χ2n) is 5.48. The number of phenolic OH excluding ortho intramolecular Hbond substituents is 1. The molecule has 19 heavy (non-hydrogen) atoms. The van der Waals surface area contributed by atoms with Crippen molar-refractivity contribution in [2.24, 2.45) is 0 Å². The van der Waals surface area contributed by atoms with Gasteiger partial charge in [-0.1, -0.05) is 0 Å². The first-order valence-electron chi connectivity index (χ1n) is 6.50. The maximum Gasteiger partial charge on any atom is 0.187 e. The summed E-state index contributed by atoms with van der Waals surface area (Å²) >= 11 is 0. The number of hydrogen-bond donors (Lipinski definition) is 2. The molecule has 106 valence electrons. The third kappa shape index (κ3) is 2.87. The molecule has 0 radical (unpaired) electrons. The van der Waals surface area contributed by atoms with Gasteiger partial charge in [0.2, 0.25) is 0 Å². The van der Waals surface area contributed by atoms with Gasteiger partial charge < -0.3 is 15.3 Å². The number of likely N-dealkylation sites (N-methyl/N-ethyl adjacent to an activating group) is 1. The molecule has 1 aliphatic rings. The highest BCUT2D eigenvalue weighted by molar-refractivity contribution is 5.30. The van der Waals surface area contributed by atoms with Crippen LogP contribution in [-0.2, 0) is 6.54 Å². The van der Waals surface area contributed by atoms with Gasteiger partial charge in [-0.2, -0.15) is 0 Å². The molecule has 0 saturated heterocycles. The van der Waals surface area contributed by atoms with E-state index < -0.39 is 17.4 Å².